The fourth-order valence-electron chi connectivity index (χ4n) is 4.97. The van der Waals surface area contributed by atoms with Gasteiger partial charge in [0.2, 0.25) is 0 Å². The van der Waals surface area contributed by atoms with Crippen molar-refractivity contribution in [3.05, 3.63) is 83.0 Å². The van der Waals surface area contributed by atoms with Crippen LogP contribution in [0.2, 0.25) is 0 Å². The zero-order chi connectivity index (χ0) is 35.0. The summed E-state index contributed by atoms with van der Waals surface area (Å²) in [6.07, 6.45) is 5.21. The number of carbonyl (C=O) groups excluding carboxylic acids is 2. The molecule has 2 atom stereocenters. The van der Waals surface area contributed by atoms with Crippen LogP contribution in [0.1, 0.15) is 47.2 Å². The Balaban J connectivity index is 2.22. The monoisotopic (exact) mass is 688 g/mol. The lowest BCUT2D eigenvalue weighted by atomic mass is 9.76. The summed E-state index contributed by atoms with van der Waals surface area (Å²) < 4.78 is 34.7. The van der Waals surface area contributed by atoms with Crippen molar-refractivity contribution in [2.24, 2.45) is 0 Å². The van der Waals surface area contributed by atoms with Crippen molar-refractivity contribution in [2.75, 3.05) is 63.7 Å². The quantitative estimate of drug-likeness (QED) is 0.0735. The van der Waals surface area contributed by atoms with E-state index in [4.69, 9.17) is 28.4 Å². The molecule has 8 nitrogen and oxygen atoms in total. The van der Waals surface area contributed by atoms with Crippen LogP contribution in [0.25, 0.3) is 0 Å². The van der Waals surface area contributed by atoms with Crippen molar-refractivity contribution in [3.63, 3.8) is 0 Å². The number of benzene rings is 2. The van der Waals surface area contributed by atoms with Crippen LogP contribution in [-0.4, -0.2) is 87.8 Å². The van der Waals surface area contributed by atoms with Crippen molar-refractivity contribution in [1.29, 1.82) is 0 Å². The smallest absolute Gasteiger partial charge is 0.330 e. The molecule has 0 aliphatic carbocycles. The van der Waals surface area contributed by atoms with Gasteiger partial charge in [-0.2, -0.15) is 23.5 Å². The van der Waals surface area contributed by atoms with Gasteiger partial charge in [0.1, 0.15) is 24.7 Å². The van der Waals surface area contributed by atoms with Crippen LogP contribution in [0.5, 0.6) is 11.5 Å². The second-order valence-corrected chi connectivity index (χ2v) is 13.8. The Morgan fingerprint density at radius 2 is 1.02 bits per heavy atom. The topological polar surface area (TPSA) is 89.5 Å². The molecule has 0 heterocycles. The number of rotatable bonds is 22. The maximum atomic E-state index is 11.9. The molecule has 2 rings (SSSR count). The van der Waals surface area contributed by atoms with Gasteiger partial charge < -0.3 is 28.4 Å². The molecule has 2 aromatic rings. The van der Waals surface area contributed by atoms with Crippen molar-refractivity contribution in [1.82, 2.24) is 0 Å². The highest BCUT2D eigenvalue weighted by Crippen LogP contribution is 2.38. The highest BCUT2D eigenvalue weighted by atomic mass is 32.2. The van der Waals surface area contributed by atoms with E-state index in [2.05, 4.69) is 51.3 Å². The number of ether oxygens (including phenoxy) is 6. The Hall–Kier alpha value is -2.92. The number of hydrogen-bond acceptors (Lipinski definition) is 10. The summed E-state index contributed by atoms with van der Waals surface area (Å²) in [5.41, 5.74) is 5.89. The normalized spacial score (nSPS) is 12.6. The van der Waals surface area contributed by atoms with Crippen molar-refractivity contribution >= 4 is 35.5 Å². The van der Waals surface area contributed by atoms with Gasteiger partial charge in [0.25, 0.3) is 0 Å². The second kappa shape index (κ2) is 20.4. The van der Waals surface area contributed by atoms with Gasteiger partial charge in [-0.15, -0.1) is 0 Å². The van der Waals surface area contributed by atoms with E-state index < -0.39 is 24.1 Å². The van der Waals surface area contributed by atoms with Crippen molar-refractivity contribution < 1.29 is 38.0 Å². The molecule has 0 spiro atoms. The Kier molecular flexibility index (Phi) is 17.5. The van der Waals surface area contributed by atoms with E-state index in [1.165, 1.54) is 0 Å². The van der Waals surface area contributed by atoms with Crippen molar-refractivity contribution in [3.8, 4) is 11.5 Å². The van der Waals surface area contributed by atoms with Gasteiger partial charge in [0, 0.05) is 29.1 Å². The summed E-state index contributed by atoms with van der Waals surface area (Å²) in [4.78, 5) is 23.8. The predicted molar refractivity (Wildman–Crippen MR) is 194 cm³/mol. The molecule has 47 heavy (non-hydrogen) atoms. The first-order valence-corrected chi connectivity index (χ1v) is 18.4. The summed E-state index contributed by atoms with van der Waals surface area (Å²) in [6.45, 7) is 21.4. The summed E-state index contributed by atoms with van der Waals surface area (Å²) in [7, 11) is 0. The second-order valence-electron chi connectivity index (χ2n) is 11.8. The van der Waals surface area contributed by atoms with E-state index in [0.29, 0.717) is 13.2 Å². The summed E-state index contributed by atoms with van der Waals surface area (Å²) in [6, 6.07) is 8.58. The van der Waals surface area contributed by atoms with Gasteiger partial charge in [-0.3, -0.25) is 0 Å². The number of thioether (sulfide) groups is 2. The minimum Gasteiger partial charge on any atom is -0.489 e. The molecule has 0 saturated heterocycles. The Morgan fingerprint density at radius 3 is 1.32 bits per heavy atom. The molecule has 0 aliphatic rings. The molecule has 0 N–H and O–H groups in total. The molecule has 0 radical (unpaired) electrons. The predicted octanol–water partition coefficient (Wildman–Crippen LogP) is 6.96. The molecular formula is C37H52O8S2. The van der Waals surface area contributed by atoms with E-state index in [1.807, 2.05) is 40.2 Å². The lowest BCUT2D eigenvalue weighted by Crippen LogP contribution is -2.30. The van der Waals surface area contributed by atoms with Gasteiger partial charge >= 0.3 is 11.9 Å². The van der Waals surface area contributed by atoms with E-state index in [1.54, 1.807) is 23.5 Å². The van der Waals surface area contributed by atoms with Gasteiger partial charge in [0.05, 0.1) is 26.4 Å². The first kappa shape index (κ1) is 40.3. The minimum atomic E-state index is -0.555. The van der Waals surface area contributed by atoms with Crippen LogP contribution < -0.4 is 9.47 Å². The van der Waals surface area contributed by atoms with Crippen LogP contribution in [-0.2, 0) is 34.0 Å². The third-order valence-electron chi connectivity index (χ3n) is 7.56. The molecular weight excluding hydrogens is 637 g/mol. The van der Waals surface area contributed by atoms with E-state index in [0.717, 1.165) is 68.5 Å². The van der Waals surface area contributed by atoms with Crippen molar-refractivity contribution in [2.45, 2.75) is 59.2 Å². The van der Waals surface area contributed by atoms with Gasteiger partial charge in [-0.25, -0.2) is 9.59 Å². The molecule has 2 unspecified atom stereocenters. The van der Waals surface area contributed by atoms with Crippen LogP contribution in [0.4, 0.5) is 0 Å². The van der Waals surface area contributed by atoms with Crippen LogP contribution in [0.3, 0.4) is 0 Å². The zero-order valence-corrected chi connectivity index (χ0v) is 30.9. The number of hydrogen-bond donors (Lipinski definition) is 0. The standard InChI is InChI=1S/C37H52O8S2/c1-11-33(38)44-31(21-40-13-15-46-9)23-42-35-25(3)17-29(18-26(35)4)37(7,8)30-19-27(5)36(28(6)20-30)43-24-32(45-34(39)12-2)22-41-14-16-47-10/h11-12,17-20,31-32H,1-2,13-16,21-24H2,3-10H3. The zero-order valence-electron chi connectivity index (χ0n) is 29.3. The molecule has 0 aromatic heterocycles. The SMILES string of the molecule is C=CC(=O)OC(COCCSC)COc1c(C)cc(C(C)(C)c2cc(C)c(OCC(COCCSC)OC(=O)C=C)c(C)c2)cc1C. The van der Waals surface area contributed by atoms with Gasteiger partial charge in [-0.05, 0) is 73.6 Å². The molecule has 260 valence electrons. The summed E-state index contributed by atoms with van der Waals surface area (Å²) in [5, 5.41) is 0. The van der Waals surface area contributed by atoms with Gasteiger partial charge in [0.15, 0.2) is 12.2 Å². The van der Waals surface area contributed by atoms with Crippen LogP contribution in [0, 0.1) is 27.7 Å². The summed E-state index contributed by atoms with van der Waals surface area (Å²) in [5.74, 6) is 2.21. The Bertz CT molecular complexity index is 1190. The first-order valence-electron chi connectivity index (χ1n) is 15.7. The molecule has 0 aliphatic heterocycles. The lowest BCUT2D eigenvalue weighted by Gasteiger charge is -2.29. The molecule has 0 bridgehead atoms. The third kappa shape index (κ3) is 12.9. The number of carbonyl (C=O) groups is 2. The fourth-order valence-corrected chi connectivity index (χ4v) is 5.54. The van der Waals surface area contributed by atoms with E-state index in [9.17, 15) is 9.59 Å². The highest BCUT2D eigenvalue weighted by Gasteiger charge is 2.27. The minimum absolute atomic E-state index is 0.167. The average molecular weight is 689 g/mol. The van der Waals surface area contributed by atoms with Gasteiger partial charge in [-0.1, -0.05) is 51.3 Å². The summed E-state index contributed by atoms with van der Waals surface area (Å²) >= 11 is 3.38. The number of aryl methyl sites for hydroxylation is 4. The molecule has 0 amide bonds. The Labute approximate surface area is 289 Å². The molecule has 10 heteroatoms. The van der Waals surface area contributed by atoms with Crippen LogP contribution in [0.15, 0.2) is 49.6 Å². The van der Waals surface area contributed by atoms with E-state index >= 15 is 0 Å². The maximum Gasteiger partial charge on any atom is 0.330 e. The van der Waals surface area contributed by atoms with E-state index in [-0.39, 0.29) is 31.8 Å². The fraction of sp³-hybridized carbons (Fsp3) is 0.514. The third-order valence-corrected chi connectivity index (χ3v) is 8.71. The molecule has 2 aromatic carbocycles. The molecule has 0 fully saturated rings. The highest BCUT2D eigenvalue weighted by molar-refractivity contribution is 7.98. The lowest BCUT2D eigenvalue weighted by molar-refractivity contribution is -0.148. The maximum absolute atomic E-state index is 11.9. The molecule has 0 saturated carbocycles. The first-order chi connectivity index (χ1) is 22.4. The number of esters is 2. The largest absolute Gasteiger partial charge is 0.489 e. The Morgan fingerprint density at radius 1 is 0.681 bits per heavy atom. The average Bonchev–Trinajstić information content (AvgIpc) is 3.03. The van der Waals surface area contributed by atoms with Crippen LogP contribution >= 0.6 is 23.5 Å².